The molecule has 0 saturated carbocycles. The Morgan fingerprint density at radius 1 is 1.32 bits per heavy atom. The van der Waals surface area contributed by atoms with E-state index in [2.05, 4.69) is 0 Å². The molecule has 0 heterocycles. The molecule has 0 spiro atoms. The van der Waals surface area contributed by atoms with Crippen LogP contribution in [0.2, 0.25) is 0 Å². The van der Waals surface area contributed by atoms with Crippen LogP contribution in [-0.4, -0.2) is 38.7 Å². The number of aliphatic hydroxyl groups excluding tert-OH is 1. The third-order valence-corrected chi connectivity index (χ3v) is 4.53. The molecule has 0 aliphatic heterocycles. The zero-order valence-electron chi connectivity index (χ0n) is 11.3. The van der Waals surface area contributed by atoms with Crippen LogP contribution in [0.1, 0.15) is 18.9 Å². The van der Waals surface area contributed by atoms with Crippen molar-refractivity contribution >= 4 is 9.84 Å². The predicted molar refractivity (Wildman–Crippen MR) is 73.4 cm³/mol. The van der Waals surface area contributed by atoms with Gasteiger partial charge in [0, 0.05) is 11.3 Å². The Bertz CT molecular complexity index is 496. The van der Waals surface area contributed by atoms with Crippen LogP contribution in [0, 0.1) is 0 Å². The lowest BCUT2D eigenvalue weighted by molar-refractivity contribution is 0.262. The van der Waals surface area contributed by atoms with Crippen molar-refractivity contribution in [3.05, 3.63) is 23.8 Å². The Morgan fingerprint density at radius 2 is 2.05 bits per heavy atom. The van der Waals surface area contributed by atoms with Crippen LogP contribution < -0.4 is 9.47 Å². The molecular weight excluding hydrogens is 268 g/mol. The quantitative estimate of drug-likeness (QED) is 0.732. The summed E-state index contributed by atoms with van der Waals surface area (Å²) >= 11 is 0. The fourth-order valence-corrected chi connectivity index (χ4v) is 2.40. The average molecular weight is 288 g/mol. The Balaban J connectivity index is 2.54. The minimum Gasteiger partial charge on any atom is -0.497 e. The van der Waals surface area contributed by atoms with Gasteiger partial charge in [0.1, 0.15) is 21.3 Å². The van der Waals surface area contributed by atoms with Crippen LogP contribution in [0.3, 0.4) is 0 Å². The molecule has 1 aromatic carbocycles. The van der Waals surface area contributed by atoms with Gasteiger partial charge in [-0.1, -0.05) is 6.92 Å². The first-order valence-electron chi connectivity index (χ1n) is 6.13. The normalized spacial score (nSPS) is 11.3. The van der Waals surface area contributed by atoms with Crippen molar-refractivity contribution < 1.29 is 23.0 Å². The molecule has 1 aromatic rings. The van der Waals surface area contributed by atoms with Gasteiger partial charge in [-0.05, 0) is 24.6 Å². The Kier molecular flexibility index (Phi) is 6.11. The fourth-order valence-electron chi connectivity index (χ4n) is 1.55. The molecule has 0 aliphatic carbocycles. The van der Waals surface area contributed by atoms with Gasteiger partial charge in [-0.3, -0.25) is 0 Å². The standard InChI is InChI=1S/C13H20O5S/c1-3-19(15,16)8-4-7-18-13-6-5-12(17-2)9-11(13)10-14/h5-6,9,14H,3-4,7-8,10H2,1-2H3. The van der Waals surface area contributed by atoms with Crippen LogP contribution in [0.25, 0.3) is 0 Å². The third kappa shape index (κ3) is 5.08. The average Bonchev–Trinajstić information content (AvgIpc) is 2.43. The maximum absolute atomic E-state index is 11.3. The monoisotopic (exact) mass is 288 g/mol. The summed E-state index contributed by atoms with van der Waals surface area (Å²) in [5.41, 5.74) is 0.623. The largest absolute Gasteiger partial charge is 0.497 e. The van der Waals surface area contributed by atoms with Gasteiger partial charge >= 0.3 is 0 Å². The second-order valence-electron chi connectivity index (χ2n) is 4.07. The van der Waals surface area contributed by atoms with E-state index in [0.29, 0.717) is 30.1 Å². The SMILES string of the molecule is CCS(=O)(=O)CCCOc1ccc(OC)cc1CO. The molecule has 0 radical (unpaired) electrons. The van der Waals surface area contributed by atoms with E-state index in [9.17, 15) is 13.5 Å². The predicted octanol–water partition coefficient (Wildman–Crippen LogP) is 1.39. The van der Waals surface area contributed by atoms with Crippen molar-refractivity contribution in [1.29, 1.82) is 0 Å². The Hall–Kier alpha value is -1.27. The number of aliphatic hydroxyl groups is 1. The molecule has 0 saturated heterocycles. The van der Waals surface area contributed by atoms with E-state index in [-0.39, 0.29) is 18.1 Å². The van der Waals surface area contributed by atoms with Gasteiger partial charge in [-0.15, -0.1) is 0 Å². The summed E-state index contributed by atoms with van der Waals surface area (Å²) in [6.45, 7) is 1.78. The first-order valence-corrected chi connectivity index (χ1v) is 7.95. The first-order chi connectivity index (χ1) is 9.02. The zero-order chi connectivity index (χ0) is 14.3. The van der Waals surface area contributed by atoms with Crippen LogP contribution >= 0.6 is 0 Å². The third-order valence-electron chi connectivity index (χ3n) is 2.74. The number of hydrogen-bond donors (Lipinski definition) is 1. The highest BCUT2D eigenvalue weighted by atomic mass is 32.2. The molecule has 5 nitrogen and oxygen atoms in total. The molecule has 0 bridgehead atoms. The summed E-state index contributed by atoms with van der Waals surface area (Å²) in [6.07, 6.45) is 0.438. The van der Waals surface area contributed by atoms with E-state index in [1.165, 1.54) is 0 Å². The number of ether oxygens (including phenoxy) is 2. The second kappa shape index (κ2) is 7.35. The fraction of sp³-hybridized carbons (Fsp3) is 0.538. The first kappa shape index (κ1) is 15.8. The molecule has 0 aromatic heterocycles. The summed E-state index contributed by atoms with van der Waals surface area (Å²) in [7, 11) is -1.40. The van der Waals surface area contributed by atoms with E-state index >= 15 is 0 Å². The lowest BCUT2D eigenvalue weighted by atomic mass is 10.2. The number of rotatable bonds is 8. The van der Waals surface area contributed by atoms with Crippen LogP contribution in [-0.2, 0) is 16.4 Å². The molecular formula is C13H20O5S. The van der Waals surface area contributed by atoms with Crippen molar-refractivity contribution in [2.24, 2.45) is 0 Å². The number of methoxy groups -OCH3 is 1. The van der Waals surface area contributed by atoms with Gasteiger partial charge in [-0.25, -0.2) is 8.42 Å². The van der Waals surface area contributed by atoms with E-state index < -0.39 is 9.84 Å². The van der Waals surface area contributed by atoms with Gasteiger partial charge in [-0.2, -0.15) is 0 Å². The van der Waals surface area contributed by atoms with Crippen LogP contribution in [0.4, 0.5) is 0 Å². The highest BCUT2D eigenvalue weighted by molar-refractivity contribution is 7.91. The van der Waals surface area contributed by atoms with Crippen molar-refractivity contribution in [3.63, 3.8) is 0 Å². The highest BCUT2D eigenvalue weighted by Crippen LogP contribution is 2.24. The van der Waals surface area contributed by atoms with Gasteiger partial charge in [0.2, 0.25) is 0 Å². The molecule has 0 aliphatic rings. The molecule has 0 unspecified atom stereocenters. The minimum atomic E-state index is -2.95. The van der Waals surface area contributed by atoms with E-state index in [0.717, 1.165) is 0 Å². The van der Waals surface area contributed by atoms with Crippen LogP contribution in [0.15, 0.2) is 18.2 Å². The maximum atomic E-state index is 11.3. The molecule has 1 N–H and O–H groups in total. The summed E-state index contributed by atoms with van der Waals surface area (Å²) in [5, 5.41) is 9.23. The lowest BCUT2D eigenvalue weighted by Gasteiger charge is -2.11. The zero-order valence-corrected chi connectivity index (χ0v) is 12.1. The summed E-state index contributed by atoms with van der Waals surface area (Å²) in [4.78, 5) is 0. The molecule has 19 heavy (non-hydrogen) atoms. The molecule has 0 amide bonds. The van der Waals surface area contributed by atoms with E-state index in [1.807, 2.05) is 0 Å². The second-order valence-corrected chi connectivity index (χ2v) is 6.54. The summed E-state index contributed by atoms with van der Waals surface area (Å²) in [6, 6.07) is 5.13. The maximum Gasteiger partial charge on any atom is 0.150 e. The van der Waals surface area contributed by atoms with Gasteiger partial charge in [0.05, 0.1) is 26.1 Å². The summed E-state index contributed by atoms with van der Waals surface area (Å²) in [5.74, 6) is 1.47. The van der Waals surface area contributed by atoms with Gasteiger partial charge in [0.15, 0.2) is 0 Å². The van der Waals surface area contributed by atoms with Gasteiger partial charge in [0.25, 0.3) is 0 Å². The molecule has 108 valence electrons. The Labute approximate surface area is 114 Å². The molecule has 0 fully saturated rings. The van der Waals surface area contributed by atoms with Crippen molar-refractivity contribution in [1.82, 2.24) is 0 Å². The number of benzene rings is 1. The number of hydrogen-bond acceptors (Lipinski definition) is 5. The van der Waals surface area contributed by atoms with E-state index in [1.54, 1.807) is 32.2 Å². The van der Waals surface area contributed by atoms with Crippen LogP contribution in [0.5, 0.6) is 11.5 Å². The van der Waals surface area contributed by atoms with Crippen molar-refractivity contribution in [3.8, 4) is 11.5 Å². The van der Waals surface area contributed by atoms with Crippen molar-refractivity contribution in [2.75, 3.05) is 25.2 Å². The molecule has 0 atom stereocenters. The molecule has 6 heteroatoms. The summed E-state index contributed by atoms with van der Waals surface area (Å²) < 4.78 is 33.1. The number of sulfone groups is 1. The van der Waals surface area contributed by atoms with Gasteiger partial charge < -0.3 is 14.6 Å². The highest BCUT2D eigenvalue weighted by Gasteiger charge is 2.08. The lowest BCUT2D eigenvalue weighted by Crippen LogP contribution is -2.12. The van der Waals surface area contributed by atoms with Crippen molar-refractivity contribution in [2.45, 2.75) is 20.0 Å². The van der Waals surface area contributed by atoms with E-state index in [4.69, 9.17) is 9.47 Å². The smallest absolute Gasteiger partial charge is 0.150 e. The minimum absolute atomic E-state index is 0.119. The molecule has 1 rings (SSSR count). The Morgan fingerprint density at radius 3 is 2.63 bits per heavy atom. The topological polar surface area (TPSA) is 72.8 Å².